The molecule has 0 heterocycles. The summed E-state index contributed by atoms with van der Waals surface area (Å²) in [5.41, 5.74) is -1.39. The van der Waals surface area contributed by atoms with Gasteiger partial charge in [-0.3, -0.25) is 0 Å². The molecule has 0 saturated heterocycles. The van der Waals surface area contributed by atoms with Gasteiger partial charge in [-0.25, -0.2) is 9.59 Å². The fourth-order valence-corrected chi connectivity index (χ4v) is 2.07. The second kappa shape index (κ2) is 9.47. The molecule has 1 N–H and O–H groups in total. The Bertz CT molecular complexity index is 744. The van der Waals surface area contributed by atoms with Crippen molar-refractivity contribution in [3.63, 3.8) is 0 Å². The van der Waals surface area contributed by atoms with E-state index >= 15 is 0 Å². The molecule has 18 heteroatoms. The van der Waals surface area contributed by atoms with E-state index in [0.717, 1.165) is 6.92 Å². The highest BCUT2D eigenvalue weighted by Crippen LogP contribution is 2.60. The molecule has 1 unspecified atom stereocenters. The average molecular weight is 535 g/mol. The van der Waals surface area contributed by atoms with Gasteiger partial charge in [-0.05, 0) is 27.7 Å². The molecule has 1 atom stereocenters. The van der Waals surface area contributed by atoms with Gasteiger partial charge < -0.3 is 14.8 Å². The van der Waals surface area contributed by atoms with Crippen molar-refractivity contribution in [2.75, 3.05) is 6.61 Å². The fraction of sp³-hybridized carbons (Fsp3) is 0.875. The Kier molecular flexibility index (Phi) is 8.86. The van der Waals surface area contributed by atoms with Crippen molar-refractivity contribution in [2.45, 2.75) is 81.5 Å². The predicted octanol–water partition coefficient (Wildman–Crippen LogP) is 5.57. The summed E-state index contributed by atoms with van der Waals surface area (Å²) in [6.07, 6.45) is -12.3. The second-order valence-electron chi connectivity index (χ2n) is 7.65. The molecule has 0 aromatic heterocycles. The highest BCUT2D eigenvalue weighted by molar-refractivity contribution is 5.81. The lowest BCUT2D eigenvalue weighted by atomic mass is 9.91. The number of halogens is 13. The third kappa shape index (κ3) is 6.09. The summed E-state index contributed by atoms with van der Waals surface area (Å²) in [7, 11) is 0. The van der Waals surface area contributed by atoms with E-state index in [9.17, 15) is 66.7 Å². The first-order valence-corrected chi connectivity index (χ1v) is 8.81. The maximum atomic E-state index is 14.1. The molecule has 202 valence electrons. The van der Waals surface area contributed by atoms with Gasteiger partial charge in [-0.15, -0.1) is 0 Å². The molecule has 0 fully saturated rings. The minimum atomic E-state index is -8.08. The number of amides is 1. The van der Waals surface area contributed by atoms with Crippen LogP contribution in [0.15, 0.2) is 0 Å². The van der Waals surface area contributed by atoms with Crippen LogP contribution in [0.2, 0.25) is 0 Å². The third-order valence-electron chi connectivity index (χ3n) is 3.72. The molecule has 0 aliphatic heterocycles. The molecule has 0 saturated carbocycles. The van der Waals surface area contributed by atoms with E-state index in [2.05, 4.69) is 9.47 Å². The van der Waals surface area contributed by atoms with Crippen LogP contribution in [0.3, 0.4) is 0 Å². The van der Waals surface area contributed by atoms with Gasteiger partial charge in [0.25, 0.3) is 0 Å². The zero-order chi connectivity index (χ0) is 27.8. The fourth-order valence-electron chi connectivity index (χ4n) is 2.07. The summed E-state index contributed by atoms with van der Waals surface area (Å²) in [5, 5.41) is 1.22. The highest BCUT2D eigenvalue weighted by atomic mass is 19.4. The molecule has 5 nitrogen and oxygen atoms in total. The first-order valence-electron chi connectivity index (χ1n) is 8.81. The van der Waals surface area contributed by atoms with E-state index in [4.69, 9.17) is 0 Å². The van der Waals surface area contributed by atoms with Gasteiger partial charge >= 0.3 is 47.9 Å². The zero-order valence-corrected chi connectivity index (χ0v) is 17.5. The summed E-state index contributed by atoms with van der Waals surface area (Å²) >= 11 is 0. The second-order valence-corrected chi connectivity index (χ2v) is 7.65. The maximum Gasteiger partial charge on any atom is 0.460 e. The molecule has 1 amide bonds. The Labute approximate surface area is 182 Å². The van der Waals surface area contributed by atoms with Crippen LogP contribution in [0.1, 0.15) is 34.1 Å². The van der Waals surface area contributed by atoms with Gasteiger partial charge in [-0.2, -0.15) is 57.1 Å². The molecule has 0 spiro atoms. The van der Waals surface area contributed by atoms with Crippen LogP contribution in [0.4, 0.5) is 61.9 Å². The minimum Gasteiger partial charge on any atom is -0.464 e. The number of alkyl halides is 13. The van der Waals surface area contributed by atoms with Crippen molar-refractivity contribution in [3.8, 4) is 0 Å². The monoisotopic (exact) mass is 535 g/mol. The van der Waals surface area contributed by atoms with Crippen molar-refractivity contribution in [2.24, 2.45) is 0 Å². The van der Waals surface area contributed by atoms with Crippen LogP contribution in [0.5, 0.6) is 0 Å². The molecular formula is C16H18F13NO4. The third-order valence-corrected chi connectivity index (χ3v) is 3.72. The van der Waals surface area contributed by atoms with Gasteiger partial charge in [-0.1, -0.05) is 0 Å². The van der Waals surface area contributed by atoms with Crippen LogP contribution in [0.25, 0.3) is 0 Å². The normalized spacial score (nSPS) is 15.6. The van der Waals surface area contributed by atoms with E-state index < -0.39 is 72.5 Å². The van der Waals surface area contributed by atoms with Crippen molar-refractivity contribution in [1.29, 1.82) is 0 Å². The molecule has 0 aliphatic rings. The molecule has 0 bridgehead atoms. The van der Waals surface area contributed by atoms with Gasteiger partial charge in [0.2, 0.25) is 0 Å². The summed E-state index contributed by atoms with van der Waals surface area (Å²) < 4.78 is 180. The Hall–Kier alpha value is -2.17. The van der Waals surface area contributed by atoms with Crippen LogP contribution in [-0.4, -0.2) is 66.1 Å². The van der Waals surface area contributed by atoms with Crippen LogP contribution in [-0.2, 0) is 14.3 Å². The summed E-state index contributed by atoms with van der Waals surface area (Å²) in [6.45, 7) is 3.94. The van der Waals surface area contributed by atoms with Crippen LogP contribution >= 0.6 is 0 Å². The number of esters is 1. The molecular weight excluding hydrogens is 517 g/mol. The van der Waals surface area contributed by atoms with Crippen molar-refractivity contribution in [1.82, 2.24) is 5.32 Å². The zero-order valence-electron chi connectivity index (χ0n) is 17.5. The minimum absolute atomic E-state index is 0.667. The number of rotatable bonds is 9. The number of ether oxygens (including phenoxy) is 2. The lowest BCUT2D eigenvalue weighted by Gasteiger charge is -2.40. The Morgan fingerprint density at radius 2 is 1.15 bits per heavy atom. The van der Waals surface area contributed by atoms with Crippen molar-refractivity contribution >= 4 is 12.1 Å². The Morgan fingerprint density at radius 3 is 1.50 bits per heavy atom. The smallest absolute Gasteiger partial charge is 0.460 e. The van der Waals surface area contributed by atoms with Gasteiger partial charge in [0.05, 0.1) is 6.61 Å². The van der Waals surface area contributed by atoms with Gasteiger partial charge in [0, 0.05) is 6.42 Å². The average Bonchev–Trinajstić information content (AvgIpc) is 2.57. The maximum absolute atomic E-state index is 14.1. The summed E-state index contributed by atoms with van der Waals surface area (Å²) in [6, 6.07) is -3.01. The van der Waals surface area contributed by atoms with Crippen molar-refractivity contribution < 1.29 is 76.1 Å². The number of hydrogen-bond donors (Lipinski definition) is 1. The van der Waals surface area contributed by atoms with E-state index in [1.54, 1.807) is 0 Å². The largest absolute Gasteiger partial charge is 0.464 e. The Balaban J connectivity index is 6.30. The van der Waals surface area contributed by atoms with Gasteiger partial charge in [0.15, 0.2) is 0 Å². The first kappa shape index (κ1) is 31.8. The van der Waals surface area contributed by atoms with E-state index in [0.29, 0.717) is 0 Å². The van der Waals surface area contributed by atoms with Gasteiger partial charge in [0.1, 0.15) is 11.6 Å². The molecule has 0 aromatic rings. The summed E-state index contributed by atoms with van der Waals surface area (Å²) in [4.78, 5) is 23.4. The van der Waals surface area contributed by atoms with E-state index in [1.807, 2.05) is 0 Å². The summed E-state index contributed by atoms with van der Waals surface area (Å²) in [5.74, 6) is -40.2. The van der Waals surface area contributed by atoms with Crippen LogP contribution in [0, 0.1) is 0 Å². The molecule has 0 aromatic carbocycles. The first-order chi connectivity index (χ1) is 14.7. The number of hydrogen-bond acceptors (Lipinski definition) is 4. The SMILES string of the molecule is CCOC(=O)C(CC(F)(F)C(F)(F)C(F)(F)C(F)(F)C(F)(F)C(F)(F)F)NC(=O)OC(C)(C)C. The lowest BCUT2D eigenvalue weighted by molar-refractivity contribution is -0.440. The lowest BCUT2D eigenvalue weighted by Crippen LogP contribution is -2.70. The quantitative estimate of drug-likeness (QED) is 0.310. The highest BCUT2D eigenvalue weighted by Gasteiger charge is 2.90. The molecule has 0 rings (SSSR count). The number of carbonyl (C=O) groups is 2. The molecule has 0 radical (unpaired) electrons. The standard InChI is InChI=1S/C16H18F13NO4/c1-5-33-8(31)7(30-9(32)34-10(2,3)4)6-11(17,18)12(19,20)13(21,22)14(23,24)15(25,26)16(27,28)29/h7H,5-6H2,1-4H3,(H,30,32). The topological polar surface area (TPSA) is 64.6 Å². The van der Waals surface area contributed by atoms with Crippen LogP contribution < -0.4 is 5.32 Å². The van der Waals surface area contributed by atoms with E-state index in [-0.39, 0.29) is 0 Å². The number of nitrogens with one attached hydrogen (secondary N) is 1. The molecule has 34 heavy (non-hydrogen) atoms. The molecule has 0 aliphatic carbocycles. The van der Waals surface area contributed by atoms with E-state index in [1.165, 1.54) is 26.1 Å². The number of carbonyl (C=O) groups excluding carboxylic acids is 2. The predicted molar refractivity (Wildman–Crippen MR) is 85.2 cm³/mol. The number of alkyl carbamates (subject to hydrolysis) is 1. The Morgan fingerprint density at radius 1 is 0.735 bits per heavy atom. The van der Waals surface area contributed by atoms with Crippen molar-refractivity contribution in [3.05, 3.63) is 0 Å².